The van der Waals surface area contributed by atoms with E-state index in [1.54, 1.807) is 24.3 Å². The third-order valence-corrected chi connectivity index (χ3v) is 7.90. The van der Waals surface area contributed by atoms with E-state index in [2.05, 4.69) is 10.3 Å². The van der Waals surface area contributed by atoms with Crippen LogP contribution in [0.5, 0.6) is 5.75 Å². The van der Waals surface area contributed by atoms with Crippen molar-refractivity contribution in [2.45, 2.75) is 43.5 Å². The zero-order valence-corrected chi connectivity index (χ0v) is 22.6. The number of rotatable bonds is 6. The molecule has 216 valence electrons. The van der Waals surface area contributed by atoms with Crippen LogP contribution >= 0.6 is 11.6 Å². The molecule has 41 heavy (non-hydrogen) atoms. The molecule has 2 N–H and O–H groups in total. The van der Waals surface area contributed by atoms with Crippen molar-refractivity contribution in [3.8, 4) is 5.75 Å². The first-order valence-electron chi connectivity index (χ1n) is 12.9. The number of methoxy groups -OCH3 is 1. The largest absolute Gasteiger partial charge is 0.497 e. The Morgan fingerprint density at radius 3 is 2.51 bits per heavy atom. The normalized spacial score (nSPS) is 22.4. The summed E-state index contributed by atoms with van der Waals surface area (Å²) in [6, 6.07) is 11.1. The van der Waals surface area contributed by atoms with Crippen LogP contribution in [0.1, 0.15) is 52.9 Å². The molecule has 1 aromatic heterocycles. The highest BCUT2D eigenvalue weighted by molar-refractivity contribution is 6.30. The summed E-state index contributed by atoms with van der Waals surface area (Å²) in [7, 11) is 1.38. The Hall–Kier alpha value is -3.70. The van der Waals surface area contributed by atoms with E-state index < -0.39 is 40.7 Å². The molecule has 2 amide bonds. The van der Waals surface area contributed by atoms with Gasteiger partial charge in [0.05, 0.1) is 23.4 Å². The molecule has 1 atom stereocenters. The number of carbonyl (C=O) groups excluding carboxylic acids is 2. The highest BCUT2D eigenvalue weighted by Crippen LogP contribution is 2.46. The van der Waals surface area contributed by atoms with Gasteiger partial charge in [0.25, 0.3) is 11.8 Å². The number of aliphatic hydroxyl groups is 1. The molecule has 2 heterocycles. The highest BCUT2D eigenvalue weighted by Gasteiger charge is 2.52. The predicted octanol–water partition coefficient (Wildman–Crippen LogP) is 5.47. The van der Waals surface area contributed by atoms with E-state index in [0.29, 0.717) is 31.4 Å². The Morgan fingerprint density at radius 1 is 1.15 bits per heavy atom. The van der Waals surface area contributed by atoms with Crippen molar-refractivity contribution in [3.63, 3.8) is 0 Å². The smallest absolute Gasteiger partial charge is 0.434 e. The summed E-state index contributed by atoms with van der Waals surface area (Å²) in [5.74, 6) is -2.15. The van der Waals surface area contributed by atoms with Crippen molar-refractivity contribution < 1.29 is 37.0 Å². The SMILES string of the molecule is COc1ccc(C2(O)C(=O)N(C[C@H]3CC[C@H](NC(=O)c4cc(Cl)cnc4C(F)(F)F)CC3)c3ccccc32)c(F)c1. The second kappa shape index (κ2) is 10.9. The van der Waals surface area contributed by atoms with Gasteiger partial charge in [0.15, 0.2) is 11.3 Å². The van der Waals surface area contributed by atoms with E-state index in [1.165, 1.54) is 24.1 Å². The molecule has 12 heteroatoms. The third-order valence-electron chi connectivity index (χ3n) is 7.70. The number of alkyl halides is 3. The lowest BCUT2D eigenvalue weighted by atomic mass is 9.85. The predicted molar refractivity (Wildman–Crippen MR) is 142 cm³/mol. The molecule has 1 aliphatic heterocycles. The summed E-state index contributed by atoms with van der Waals surface area (Å²) < 4.78 is 60.2. The van der Waals surface area contributed by atoms with Gasteiger partial charge in [-0.15, -0.1) is 0 Å². The Morgan fingerprint density at radius 2 is 1.85 bits per heavy atom. The van der Waals surface area contributed by atoms with Crippen LogP contribution in [0.4, 0.5) is 23.2 Å². The third kappa shape index (κ3) is 5.36. The first-order valence-corrected chi connectivity index (χ1v) is 13.3. The van der Waals surface area contributed by atoms with Crippen molar-refractivity contribution in [1.82, 2.24) is 10.3 Å². The second-order valence-electron chi connectivity index (χ2n) is 10.2. The van der Waals surface area contributed by atoms with Gasteiger partial charge in [-0.3, -0.25) is 9.59 Å². The van der Waals surface area contributed by atoms with Crippen LogP contribution in [0.2, 0.25) is 5.02 Å². The van der Waals surface area contributed by atoms with Crippen LogP contribution < -0.4 is 15.0 Å². The fourth-order valence-corrected chi connectivity index (χ4v) is 5.80. The molecule has 2 aliphatic rings. The molecule has 3 aromatic rings. The number of anilines is 1. The molecule has 2 aromatic carbocycles. The van der Waals surface area contributed by atoms with E-state index in [0.717, 1.165) is 18.3 Å². The number of nitrogens with zero attached hydrogens (tertiary/aromatic N) is 2. The summed E-state index contributed by atoms with van der Waals surface area (Å²) in [6.45, 7) is 0.243. The van der Waals surface area contributed by atoms with Gasteiger partial charge in [-0.1, -0.05) is 29.8 Å². The number of hydrogen-bond donors (Lipinski definition) is 2. The van der Waals surface area contributed by atoms with Crippen molar-refractivity contribution in [2.75, 3.05) is 18.6 Å². The summed E-state index contributed by atoms with van der Waals surface area (Å²) in [5, 5.41) is 14.2. The van der Waals surface area contributed by atoms with Crippen molar-refractivity contribution in [2.24, 2.45) is 5.92 Å². The van der Waals surface area contributed by atoms with E-state index in [4.69, 9.17) is 16.3 Å². The minimum atomic E-state index is -4.82. The number of para-hydroxylation sites is 1. The number of ether oxygens (including phenoxy) is 1. The molecule has 0 bridgehead atoms. The fourth-order valence-electron chi connectivity index (χ4n) is 5.64. The number of amides is 2. The zero-order valence-electron chi connectivity index (χ0n) is 21.8. The zero-order chi connectivity index (χ0) is 29.5. The Balaban J connectivity index is 1.29. The topological polar surface area (TPSA) is 91.8 Å². The van der Waals surface area contributed by atoms with Gasteiger partial charge >= 0.3 is 6.18 Å². The van der Waals surface area contributed by atoms with Gasteiger partial charge in [-0.25, -0.2) is 9.37 Å². The van der Waals surface area contributed by atoms with Crippen molar-refractivity contribution in [1.29, 1.82) is 0 Å². The Bertz CT molecular complexity index is 1490. The maximum absolute atomic E-state index is 15.1. The second-order valence-corrected chi connectivity index (χ2v) is 10.7. The molecule has 1 saturated carbocycles. The van der Waals surface area contributed by atoms with E-state index >= 15 is 4.39 Å². The Labute approximate surface area is 238 Å². The number of pyridine rings is 1. The summed E-state index contributed by atoms with van der Waals surface area (Å²) in [4.78, 5) is 31.2. The number of nitrogens with one attached hydrogen (secondary N) is 1. The molecule has 1 fully saturated rings. The lowest BCUT2D eigenvalue weighted by Crippen LogP contribution is -2.45. The number of halogens is 5. The minimum Gasteiger partial charge on any atom is -0.497 e. The first-order chi connectivity index (χ1) is 19.4. The fraction of sp³-hybridized carbons (Fsp3) is 0.345. The van der Waals surface area contributed by atoms with Gasteiger partial charge in [-0.05, 0) is 55.9 Å². The summed E-state index contributed by atoms with van der Waals surface area (Å²) >= 11 is 5.80. The Kier molecular flexibility index (Phi) is 7.69. The average molecular weight is 592 g/mol. The van der Waals surface area contributed by atoms with Crippen LogP contribution in [-0.2, 0) is 16.6 Å². The first kappa shape index (κ1) is 28.8. The van der Waals surface area contributed by atoms with Crippen molar-refractivity contribution in [3.05, 3.63) is 88.0 Å². The van der Waals surface area contributed by atoms with Gasteiger partial charge in [0.2, 0.25) is 0 Å². The quantitative estimate of drug-likeness (QED) is 0.371. The number of benzene rings is 2. The minimum absolute atomic E-state index is 0.0261. The molecule has 7 nitrogen and oxygen atoms in total. The van der Waals surface area contributed by atoms with Crippen LogP contribution in [0.15, 0.2) is 54.7 Å². The van der Waals surface area contributed by atoms with Gasteiger partial charge in [-0.2, -0.15) is 13.2 Å². The standard InChI is InChI=1S/C29H26ClF4N3O4/c1-41-19-10-11-21(23(31)13-19)28(40)22-4-2-3-5-24(22)37(27(28)39)15-16-6-8-18(9-7-16)36-26(38)20-12-17(30)14-35-25(20)29(32,33)34/h2-5,10-14,16,18,40H,6-9,15H2,1H3,(H,36,38)/t16-,18-,28?. The van der Waals surface area contributed by atoms with Crippen LogP contribution in [0.3, 0.4) is 0 Å². The molecule has 0 radical (unpaired) electrons. The number of fused-ring (bicyclic) bond motifs is 1. The molecule has 0 spiro atoms. The van der Waals surface area contributed by atoms with Crippen LogP contribution in [0, 0.1) is 11.7 Å². The lowest BCUT2D eigenvalue weighted by molar-refractivity contribution is -0.141. The monoisotopic (exact) mass is 591 g/mol. The van der Waals surface area contributed by atoms with Crippen LogP contribution in [-0.4, -0.2) is 41.6 Å². The van der Waals surface area contributed by atoms with E-state index in [1.807, 2.05) is 0 Å². The maximum Gasteiger partial charge on any atom is 0.434 e. The molecule has 1 aliphatic carbocycles. The number of hydrogen-bond acceptors (Lipinski definition) is 5. The van der Waals surface area contributed by atoms with E-state index in [-0.39, 0.29) is 40.4 Å². The number of carbonyl (C=O) groups is 2. The van der Waals surface area contributed by atoms with Crippen molar-refractivity contribution >= 4 is 29.1 Å². The molecule has 5 rings (SSSR count). The van der Waals surface area contributed by atoms with Crippen LogP contribution in [0.25, 0.3) is 0 Å². The molecular weight excluding hydrogens is 566 g/mol. The van der Waals surface area contributed by atoms with Gasteiger partial charge in [0, 0.05) is 36.0 Å². The maximum atomic E-state index is 15.1. The molecular formula is C29H26ClF4N3O4. The van der Waals surface area contributed by atoms with Gasteiger partial charge < -0.3 is 20.1 Å². The lowest BCUT2D eigenvalue weighted by Gasteiger charge is -2.32. The van der Waals surface area contributed by atoms with E-state index in [9.17, 15) is 27.9 Å². The average Bonchev–Trinajstić information content (AvgIpc) is 3.15. The highest BCUT2D eigenvalue weighted by atomic mass is 35.5. The molecule has 1 unspecified atom stereocenters. The molecule has 0 saturated heterocycles. The summed E-state index contributed by atoms with van der Waals surface area (Å²) in [6.07, 6.45) is -1.92. The number of aromatic nitrogens is 1. The van der Waals surface area contributed by atoms with Gasteiger partial charge in [0.1, 0.15) is 11.6 Å². The summed E-state index contributed by atoms with van der Waals surface area (Å²) in [5.41, 5.74) is -3.61.